The van der Waals surface area contributed by atoms with Crippen LogP contribution < -0.4 is 5.73 Å². The number of aromatic nitrogens is 4. The summed E-state index contributed by atoms with van der Waals surface area (Å²) in [4.78, 5) is 16.9. The molecule has 0 aliphatic carbocycles. The number of nitrogens with two attached hydrogens (primary N) is 1. The molecule has 88 valence electrons. The molecule has 0 radical (unpaired) electrons. The van der Waals surface area contributed by atoms with E-state index in [-0.39, 0.29) is 11.9 Å². The van der Waals surface area contributed by atoms with E-state index >= 15 is 0 Å². The second-order valence-corrected chi connectivity index (χ2v) is 4.20. The number of pyridine rings is 1. The lowest BCUT2D eigenvalue weighted by molar-refractivity contribution is 0.766. The largest absolute Gasteiger partial charge is 0.368 e. The molecule has 2 N–H and O–H groups in total. The van der Waals surface area contributed by atoms with Crippen molar-refractivity contribution in [2.24, 2.45) is 0 Å². The van der Waals surface area contributed by atoms with E-state index in [4.69, 9.17) is 5.73 Å². The van der Waals surface area contributed by atoms with Crippen molar-refractivity contribution >= 4 is 5.95 Å². The van der Waals surface area contributed by atoms with Crippen molar-refractivity contribution in [1.29, 1.82) is 0 Å². The van der Waals surface area contributed by atoms with E-state index in [1.807, 2.05) is 32.9 Å². The van der Waals surface area contributed by atoms with Gasteiger partial charge in [-0.3, -0.25) is 4.98 Å². The van der Waals surface area contributed by atoms with Gasteiger partial charge in [-0.2, -0.15) is 9.97 Å². The molecule has 0 atom stereocenters. The SMILES string of the molecule is Cc1cccnc1-c1nc(N)nc(C(C)C)n1. The Morgan fingerprint density at radius 1 is 1.18 bits per heavy atom. The van der Waals surface area contributed by atoms with Crippen molar-refractivity contribution in [1.82, 2.24) is 19.9 Å². The van der Waals surface area contributed by atoms with Crippen molar-refractivity contribution in [2.75, 3.05) is 5.73 Å². The molecular weight excluding hydrogens is 214 g/mol. The lowest BCUT2D eigenvalue weighted by Crippen LogP contribution is -2.07. The maximum atomic E-state index is 5.69. The van der Waals surface area contributed by atoms with Gasteiger partial charge in [0.15, 0.2) is 5.82 Å². The first-order valence-electron chi connectivity index (χ1n) is 5.51. The molecule has 0 aliphatic heterocycles. The van der Waals surface area contributed by atoms with Gasteiger partial charge in [0.25, 0.3) is 0 Å². The molecule has 5 heteroatoms. The quantitative estimate of drug-likeness (QED) is 0.851. The van der Waals surface area contributed by atoms with Crippen LogP contribution in [-0.2, 0) is 0 Å². The van der Waals surface area contributed by atoms with Gasteiger partial charge in [-0.25, -0.2) is 4.98 Å². The number of nitrogen functional groups attached to an aromatic ring is 1. The van der Waals surface area contributed by atoms with Gasteiger partial charge in [-0.15, -0.1) is 0 Å². The first kappa shape index (κ1) is 11.4. The first-order chi connectivity index (χ1) is 8.08. The first-order valence-corrected chi connectivity index (χ1v) is 5.51. The number of rotatable bonds is 2. The normalized spacial score (nSPS) is 10.8. The Kier molecular flexibility index (Phi) is 2.99. The molecule has 0 saturated carbocycles. The topological polar surface area (TPSA) is 77.6 Å². The van der Waals surface area contributed by atoms with E-state index in [0.717, 1.165) is 11.3 Å². The molecule has 0 unspecified atom stereocenters. The van der Waals surface area contributed by atoms with Crippen LogP contribution in [-0.4, -0.2) is 19.9 Å². The molecular formula is C12H15N5. The summed E-state index contributed by atoms with van der Waals surface area (Å²) in [5, 5.41) is 0. The minimum Gasteiger partial charge on any atom is -0.368 e. The molecule has 5 nitrogen and oxygen atoms in total. The highest BCUT2D eigenvalue weighted by molar-refractivity contribution is 5.54. The zero-order chi connectivity index (χ0) is 12.4. The fraction of sp³-hybridized carbons (Fsp3) is 0.333. The van der Waals surface area contributed by atoms with Crippen LogP contribution in [0.4, 0.5) is 5.95 Å². The van der Waals surface area contributed by atoms with Crippen LogP contribution in [0, 0.1) is 6.92 Å². The summed E-state index contributed by atoms with van der Waals surface area (Å²) in [6, 6.07) is 3.85. The summed E-state index contributed by atoms with van der Waals surface area (Å²) in [6.07, 6.45) is 1.72. The second-order valence-electron chi connectivity index (χ2n) is 4.20. The van der Waals surface area contributed by atoms with Crippen LogP contribution in [0.3, 0.4) is 0 Å². The minimum atomic E-state index is 0.211. The zero-order valence-electron chi connectivity index (χ0n) is 10.2. The Labute approximate surface area is 100 Å². The summed E-state index contributed by atoms with van der Waals surface area (Å²) in [6.45, 7) is 6.00. The van der Waals surface area contributed by atoms with Crippen molar-refractivity contribution < 1.29 is 0 Å². The van der Waals surface area contributed by atoms with Crippen LogP contribution in [0.25, 0.3) is 11.5 Å². The van der Waals surface area contributed by atoms with E-state index in [1.165, 1.54) is 0 Å². The Bertz CT molecular complexity index is 536. The van der Waals surface area contributed by atoms with Crippen molar-refractivity contribution in [3.63, 3.8) is 0 Å². The van der Waals surface area contributed by atoms with Crippen molar-refractivity contribution in [3.05, 3.63) is 29.7 Å². The highest BCUT2D eigenvalue weighted by Gasteiger charge is 2.11. The average Bonchev–Trinajstić information content (AvgIpc) is 2.28. The monoisotopic (exact) mass is 229 g/mol. The molecule has 0 saturated heterocycles. The molecule has 2 aromatic rings. The molecule has 0 amide bonds. The van der Waals surface area contributed by atoms with Crippen molar-refractivity contribution in [2.45, 2.75) is 26.7 Å². The van der Waals surface area contributed by atoms with E-state index in [1.54, 1.807) is 6.20 Å². The van der Waals surface area contributed by atoms with Gasteiger partial charge in [-0.05, 0) is 18.6 Å². The molecule has 17 heavy (non-hydrogen) atoms. The fourth-order valence-electron chi connectivity index (χ4n) is 1.49. The fourth-order valence-corrected chi connectivity index (χ4v) is 1.49. The molecule has 2 aromatic heterocycles. The molecule has 0 fully saturated rings. The smallest absolute Gasteiger partial charge is 0.223 e. The zero-order valence-corrected chi connectivity index (χ0v) is 10.2. The Hall–Kier alpha value is -2.04. The average molecular weight is 229 g/mol. The van der Waals surface area contributed by atoms with Gasteiger partial charge < -0.3 is 5.73 Å². The van der Waals surface area contributed by atoms with E-state index in [9.17, 15) is 0 Å². The number of anilines is 1. The molecule has 2 heterocycles. The number of hydrogen-bond donors (Lipinski definition) is 1. The second kappa shape index (κ2) is 4.45. The Morgan fingerprint density at radius 3 is 2.59 bits per heavy atom. The standard InChI is InChI=1S/C12H15N5/c1-7(2)10-15-11(17-12(13)16-10)9-8(3)5-4-6-14-9/h4-7H,1-3H3,(H2,13,15,16,17). The van der Waals surface area contributed by atoms with Gasteiger partial charge in [0.2, 0.25) is 5.95 Å². The van der Waals surface area contributed by atoms with Gasteiger partial charge in [0, 0.05) is 12.1 Å². The van der Waals surface area contributed by atoms with Crippen LogP contribution in [0.15, 0.2) is 18.3 Å². The van der Waals surface area contributed by atoms with Gasteiger partial charge in [0.1, 0.15) is 11.5 Å². The summed E-state index contributed by atoms with van der Waals surface area (Å²) in [7, 11) is 0. The molecule has 2 rings (SSSR count). The number of nitrogens with zero attached hydrogens (tertiary/aromatic N) is 4. The van der Waals surface area contributed by atoms with Crippen LogP contribution in [0.5, 0.6) is 0 Å². The molecule has 0 bridgehead atoms. The third kappa shape index (κ3) is 2.38. The molecule has 0 spiro atoms. The van der Waals surface area contributed by atoms with Crippen molar-refractivity contribution in [3.8, 4) is 11.5 Å². The predicted octanol–water partition coefficient (Wildman–Crippen LogP) is 1.95. The lowest BCUT2D eigenvalue weighted by Gasteiger charge is -2.07. The third-order valence-electron chi connectivity index (χ3n) is 2.41. The van der Waals surface area contributed by atoms with E-state index < -0.39 is 0 Å². The lowest BCUT2D eigenvalue weighted by atomic mass is 10.2. The molecule has 0 aliphatic rings. The van der Waals surface area contributed by atoms with Gasteiger partial charge in [0.05, 0.1) is 0 Å². The Balaban J connectivity index is 2.56. The Morgan fingerprint density at radius 2 is 1.94 bits per heavy atom. The predicted molar refractivity (Wildman–Crippen MR) is 66.3 cm³/mol. The van der Waals surface area contributed by atoms with Gasteiger partial charge >= 0.3 is 0 Å². The number of hydrogen-bond acceptors (Lipinski definition) is 5. The summed E-state index contributed by atoms with van der Waals surface area (Å²) in [5.41, 5.74) is 7.47. The van der Waals surface area contributed by atoms with Crippen LogP contribution in [0.2, 0.25) is 0 Å². The van der Waals surface area contributed by atoms with Gasteiger partial charge in [-0.1, -0.05) is 19.9 Å². The van der Waals surface area contributed by atoms with E-state index in [0.29, 0.717) is 11.6 Å². The van der Waals surface area contributed by atoms with Crippen LogP contribution >= 0.6 is 0 Å². The summed E-state index contributed by atoms with van der Waals surface area (Å²) in [5.74, 6) is 1.68. The van der Waals surface area contributed by atoms with Crippen LogP contribution in [0.1, 0.15) is 31.2 Å². The maximum Gasteiger partial charge on any atom is 0.223 e. The summed E-state index contributed by atoms with van der Waals surface area (Å²) >= 11 is 0. The number of aryl methyl sites for hydroxylation is 1. The highest BCUT2D eigenvalue weighted by Crippen LogP contribution is 2.19. The summed E-state index contributed by atoms with van der Waals surface area (Å²) < 4.78 is 0. The minimum absolute atomic E-state index is 0.211. The third-order valence-corrected chi connectivity index (χ3v) is 2.41. The van der Waals surface area contributed by atoms with E-state index in [2.05, 4.69) is 19.9 Å². The highest BCUT2D eigenvalue weighted by atomic mass is 15.1. The maximum absolute atomic E-state index is 5.69. The molecule has 0 aromatic carbocycles.